The third kappa shape index (κ3) is 6.72. The van der Waals surface area contributed by atoms with Crippen LogP contribution in [-0.4, -0.2) is 35.7 Å². The average Bonchev–Trinajstić information content (AvgIpc) is 3.90. The molecule has 2 bridgehead atoms. The molecule has 362 valence electrons. The van der Waals surface area contributed by atoms with Gasteiger partial charge in [-0.05, 0) is 81.8 Å². The number of hydrogen-bond acceptors (Lipinski definition) is 3. The van der Waals surface area contributed by atoms with Crippen LogP contribution in [0.2, 0.25) is 0 Å². The van der Waals surface area contributed by atoms with E-state index >= 15 is 0 Å². The second-order valence-corrected chi connectivity index (χ2v) is 27.9. The topological polar surface area (TPSA) is 43.6 Å². The molecule has 0 saturated carbocycles. The second-order valence-electron chi connectivity index (χ2n) is 20.5. The zero-order chi connectivity index (χ0) is 50.9. The van der Waals surface area contributed by atoms with Crippen molar-refractivity contribution in [3.8, 4) is 17.3 Å². The number of aromatic nitrogens is 4. The van der Waals surface area contributed by atoms with Gasteiger partial charge in [-0.2, -0.15) is 4.98 Å². The number of hydrogen-bond donors (Lipinski definition) is 0. The van der Waals surface area contributed by atoms with Gasteiger partial charge in [-0.1, -0.05) is 279 Å². The molecule has 2 atom stereocenters. The van der Waals surface area contributed by atoms with E-state index in [1.807, 2.05) is 0 Å². The molecule has 77 heavy (non-hydrogen) atoms. The molecule has 0 amide bonds. The summed E-state index contributed by atoms with van der Waals surface area (Å²) >= 11 is 0. The molecule has 2 unspecified atom stereocenters. The third-order valence-corrected chi connectivity index (χ3v) is 26.1. The highest BCUT2D eigenvalue weighted by Gasteiger charge is 2.51. The standard InChI is InChI=1S/C71H50N4Si2/c1-7-27-49(28-8-1)76(50-29-9-2-10-30-50,51-31-11-3-12-32-51)64-48-26-44-60-65-57-41-19-20-42-58(57)68(67(60)64)66-59(65)43-25-45-61(66)69-72-70(75-62-46-23-21-39-55(62)56-40-22-24-47-63(56)75)74-71(73-69)77(52-33-13-4-14-34-52,53-35-15-5-16-36-53)54-37-17-6-18-38-54/h1-48,65,68H. The van der Waals surface area contributed by atoms with E-state index in [0.29, 0.717) is 11.8 Å². The van der Waals surface area contributed by atoms with Gasteiger partial charge in [0, 0.05) is 28.2 Å². The first kappa shape index (κ1) is 45.1. The SMILES string of the molecule is c1ccc([Si](c2ccccc2)(c2ccccc2)c2nc(-c3cccc4c3C3c5ccccc5C4c4cccc([Si](c5ccccc5)(c5ccccc5)c5ccccc5)c43)nc(-n3c4ccccc4c4ccccc43)n2)cc1. The number of fused-ring (bicyclic) bond motifs is 3. The lowest BCUT2D eigenvalue weighted by Gasteiger charge is -2.46. The van der Waals surface area contributed by atoms with Gasteiger partial charge in [-0.15, -0.1) is 0 Å². The Morgan fingerprint density at radius 1 is 0.286 bits per heavy atom. The summed E-state index contributed by atoms with van der Waals surface area (Å²) in [7, 11) is -6.37. The first-order chi connectivity index (χ1) is 38.2. The van der Waals surface area contributed by atoms with Gasteiger partial charge in [0.25, 0.3) is 0 Å². The maximum Gasteiger partial charge on any atom is 0.238 e. The van der Waals surface area contributed by atoms with Crippen LogP contribution in [0, 0.1) is 0 Å². The van der Waals surface area contributed by atoms with Crippen molar-refractivity contribution in [2.75, 3.05) is 0 Å². The molecule has 0 N–H and O–H groups in total. The summed E-state index contributed by atoms with van der Waals surface area (Å²) in [6.45, 7) is 0. The molecule has 4 nitrogen and oxygen atoms in total. The largest absolute Gasteiger partial charge is 0.278 e. The summed E-state index contributed by atoms with van der Waals surface area (Å²) < 4.78 is 2.28. The molecular weight excluding hydrogens is 965 g/mol. The maximum absolute atomic E-state index is 6.03. The van der Waals surface area contributed by atoms with E-state index in [2.05, 4.69) is 296 Å². The van der Waals surface area contributed by atoms with Crippen molar-refractivity contribution >= 4 is 79.7 Å². The summed E-state index contributed by atoms with van der Waals surface area (Å²) in [4.78, 5) is 17.7. The monoisotopic (exact) mass is 1010 g/mol. The quantitative estimate of drug-likeness (QED) is 0.101. The van der Waals surface area contributed by atoms with E-state index in [9.17, 15) is 0 Å². The van der Waals surface area contributed by atoms with E-state index in [1.54, 1.807) is 0 Å². The van der Waals surface area contributed by atoms with Crippen LogP contribution >= 0.6 is 0 Å². The van der Waals surface area contributed by atoms with E-state index in [-0.39, 0.29) is 11.8 Å². The third-order valence-electron chi connectivity index (χ3n) is 16.7. The van der Waals surface area contributed by atoms with Crippen LogP contribution in [0.4, 0.5) is 0 Å². The van der Waals surface area contributed by atoms with Crippen LogP contribution in [0.5, 0.6) is 0 Å². The molecule has 0 fully saturated rings. The highest BCUT2D eigenvalue weighted by molar-refractivity contribution is 7.20. The zero-order valence-corrected chi connectivity index (χ0v) is 44.2. The van der Waals surface area contributed by atoms with E-state index in [0.717, 1.165) is 32.8 Å². The van der Waals surface area contributed by atoms with Crippen LogP contribution in [0.15, 0.2) is 291 Å². The summed E-state index contributed by atoms with van der Waals surface area (Å²) in [5.41, 5.74) is 12.0. The molecule has 0 aliphatic heterocycles. The second kappa shape index (κ2) is 18.2. The number of benzene rings is 11. The normalized spacial score (nSPS) is 14.5. The lowest BCUT2D eigenvalue weighted by Crippen LogP contribution is -2.76. The molecule has 0 spiro atoms. The van der Waals surface area contributed by atoms with Crippen molar-refractivity contribution in [2.24, 2.45) is 0 Å². The summed E-state index contributed by atoms with van der Waals surface area (Å²) in [6.07, 6.45) is 0. The Morgan fingerprint density at radius 3 is 1.14 bits per heavy atom. The fraction of sp³-hybridized carbons (Fsp3) is 0.0282. The van der Waals surface area contributed by atoms with Crippen LogP contribution in [0.3, 0.4) is 0 Å². The molecule has 3 aliphatic carbocycles. The number of para-hydroxylation sites is 2. The average molecular weight is 1020 g/mol. The predicted octanol–water partition coefficient (Wildman–Crippen LogP) is 10.4. The minimum absolute atomic E-state index is 0.0142. The molecule has 0 saturated heterocycles. The van der Waals surface area contributed by atoms with Gasteiger partial charge in [0.2, 0.25) is 14.0 Å². The lowest BCUT2D eigenvalue weighted by molar-refractivity contribution is 0.758. The van der Waals surface area contributed by atoms with Crippen molar-refractivity contribution in [3.05, 3.63) is 325 Å². The molecule has 2 aromatic heterocycles. The first-order valence-electron chi connectivity index (χ1n) is 26.7. The Hall–Kier alpha value is -9.34. The van der Waals surface area contributed by atoms with Gasteiger partial charge in [-0.25, -0.2) is 9.97 Å². The van der Waals surface area contributed by atoms with Gasteiger partial charge in [0.1, 0.15) is 5.45 Å². The molecule has 2 heterocycles. The molecule has 3 aliphatic rings. The highest BCUT2D eigenvalue weighted by atomic mass is 28.3. The molecular formula is C71H50N4Si2. The van der Waals surface area contributed by atoms with Crippen LogP contribution in [0.1, 0.15) is 45.2 Å². The van der Waals surface area contributed by atoms with Crippen molar-refractivity contribution < 1.29 is 0 Å². The Labute approximate surface area is 450 Å². The van der Waals surface area contributed by atoms with Gasteiger partial charge >= 0.3 is 0 Å². The van der Waals surface area contributed by atoms with Crippen molar-refractivity contribution in [1.29, 1.82) is 0 Å². The Kier molecular flexibility index (Phi) is 10.7. The van der Waals surface area contributed by atoms with Crippen molar-refractivity contribution in [3.63, 3.8) is 0 Å². The van der Waals surface area contributed by atoms with E-state index < -0.39 is 16.1 Å². The minimum Gasteiger partial charge on any atom is -0.278 e. The van der Waals surface area contributed by atoms with Crippen molar-refractivity contribution in [2.45, 2.75) is 11.8 Å². The van der Waals surface area contributed by atoms with Gasteiger partial charge in [0.05, 0.1) is 11.0 Å². The summed E-state index contributed by atoms with van der Waals surface area (Å²) in [6, 6.07) is 108. The van der Waals surface area contributed by atoms with Gasteiger partial charge in [0.15, 0.2) is 13.9 Å². The smallest absolute Gasteiger partial charge is 0.238 e. The Morgan fingerprint density at radius 2 is 0.662 bits per heavy atom. The predicted molar refractivity (Wildman–Crippen MR) is 322 cm³/mol. The fourth-order valence-corrected chi connectivity index (χ4v) is 23.1. The Bertz CT molecular complexity index is 4090. The van der Waals surface area contributed by atoms with Crippen LogP contribution < -0.4 is 41.8 Å². The first-order valence-corrected chi connectivity index (χ1v) is 30.7. The van der Waals surface area contributed by atoms with Crippen molar-refractivity contribution in [1.82, 2.24) is 19.5 Å². The molecule has 11 aromatic carbocycles. The molecule has 6 heteroatoms. The Balaban J connectivity index is 1.07. The van der Waals surface area contributed by atoms with Gasteiger partial charge < -0.3 is 0 Å². The molecule has 16 rings (SSSR count). The highest BCUT2D eigenvalue weighted by Crippen LogP contribution is 2.57. The molecule has 13 aromatic rings. The van der Waals surface area contributed by atoms with Crippen LogP contribution in [0.25, 0.3) is 39.1 Å². The van der Waals surface area contributed by atoms with Crippen LogP contribution in [-0.2, 0) is 0 Å². The summed E-state index contributed by atoms with van der Waals surface area (Å²) in [5, 5.41) is 11.4. The minimum atomic E-state index is -3.33. The number of nitrogens with zero attached hydrogens (tertiary/aromatic N) is 4. The summed E-state index contributed by atoms with van der Waals surface area (Å²) in [5.74, 6) is 1.13. The van der Waals surface area contributed by atoms with E-state index in [1.165, 1.54) is 69.7 Å². The lowest BCUT2D eigenvalue weighted by atomic mass is 9.60. The fourth-order valence-electron chi connectivity index (χ4n) is 13.7. The number of rotatable bonds is 10. The molecule has 0 radical (unpaired) electrons. The van der Waals surface area contributed by atoms with Gasteiger partial charge in [-0.3, -0.25) is 4.57 Å². The maximum atomic E-state index is 6.03. The van der Waals surface area contributed by atoms with E-state index in [4.69, 9.17) is 15.0 Å². The zero-order valence-electron chi connectivity index (χ0n) is 42.2.